The largest absolute Gasteiger partial charge is 0.406 e. The Morgan fingerprint density at radius 2 is 2.17 bits per heavy atom. The van der Waals surface area contributed by atoms with Crippen molar-refractivity contribution in [1.82, 2.24) is 19.6 Å². The van der Waals surface area contributed by atoms with Gasteiger partial charge in [-0.3, -0.25) is 14.3 Å². The monoisotopic (exact) mass is 344 g/mol. The van der Waals surface area contributed by atoms with Crippen LogP contribution >= 0.6 is 0 Å². The molecule has 3 heterocycles. The number of aromatic nitrogens is 2. The summed E-state index contributed by atoms with van der Waals surface area (Å²) in [5.74, 6) is -1.51. The molecule has 9 heteroatoms. The second-order valence-electron chi connectivity index (χ2n) is 6.35. The van der Waals surface area contributed by atoms with E-state index in [1.807, 2.05) is 6.20 Å². The minimum absolute atomic E-state index is 0.0239. The van der Waals surface area contributed by atoms with Gasteiger partial charge in [-0.1, -0.05) is 0 Å². The lowest BCUT2D eigenvalue weighted by molar-refractivity contribution is -0.157. The van der Waals surface area contributed by atoms with E-state index >= 15 is 0 Å². The lowest BCUT2D eigenvalue weighted by atomic mass is 10.1. The molecule has 0 aromatic carbocycles. The number of amides is 2. The lowest BCUT2D eigenvalue weighted by Gasteiger charge is -2.27. The Labute approximate surface area is 137 Å². The van der Waals surface area contributed by atoms with Crippen molar-refractivity contribution in [3.05, 3.63) is 18.5 Å². The maximum absolute atomic E-state index is 12.7. The van der Waals surface area contributed by atoms with Gasteiger partial charge in [0.1, 0.15) is 6.54 Å². The predicted molar refractivity (Wildman–Crippen MR) is 77.7 cm³/mol. The summed E-state index contributed by atoms with van der Waals surface area (Å²) in [5.41, 5.74) is 0. The van der Waals surface area contributed by atoms with Gasteiger partial charge < -0.3 is 9.80 Å². The van der Waals surface area contributed by atoms with Gasteiger partial charge in [0.2, 0.25) is 11.8 Å². The van der Waals surface area contributed by atoms with Crippen LogP contribution in [-0.4, -0.2) is 63.2 Å². The minimum atomic E-state index is -4.44. The molecular weight excluding hydrogens is 325 g/mol. The van der Waals surface area contributed by atoms with Crippen LogP contribution in [0.3, 0.4) is 0 Å². The fourth-order valence-corrected chi connectivity index (χ4v) is 3.48. The molecule has 0 saturated carbocycles. The van der Waals surface area contributed by atoms with Crippen LogP contribution in [0.15, 0.2) is 18.5 Å². The standard InChI is InChI=1S/C15H19F3N4O2/c16-15(17,18)10-20-8-11(7-13(20)23)14(24)22-6-1-3-12(22)9-21-5-2-4-19-21/h2,4-5,11-12H,1,3,6-10H2/t11-,12+/m0/s1. The molecule has 0 unspecified atom stereocenters. The highest BCUT2D eigenvalue weighted by Crippen LogP contribution is 2.28. The van der Waals surface area contributed by atoms with Crippen molar-refractivity contribution in [2.75, 3.05) is 19.6 Å². The van der Waals surface area contributed by atoms with Gasteiger partial charge >= 0.3 is 6.18 Å². The Kier molecular flexibility index (Phi) is 4.51. The van der Waals surface area contributed by atoms with Gasteiger partial charge in [0.25, 0.3) is 0 Å². The first-order valence-corrected chi connectivity index (χ1v) is 7.96. The molecule has 0 radical (unpaired) electrons. The molecular formula is C15H19F3N4O2. The molecule has 1 aromatic heterocycles. The molecule has 2 amide bonds. The van der Waals surface area contributed by atoms with E-state index in [2.05, 4.69) is 5.10 Å². The van der Waals surface area contributed by atoms with Crippen LogP contribution in [0, 0.1) is 5.92 Å². The predicted octanol–water partition coefficient (Wildman–Crippen LogP) is 1.28. The van der Waals surface area contributed by atoms with Gasteiger partial charge in [0.05, 0.1) is 18.5 Å². The zero-order valence-corrected chi connectivity index (χ0v) is 13.1. The summed E-state index contributed by atoms with van der Waals surface area (Å²) in [6, 6.07) is 1.77. The van der Waals surface area contributed by atoms with E-state index in [1.54, 1.807) is 21.8 Å². The first-order chi connectivity index (χ1) is 11.3. The summed E-state index contributed by atoms with van der Waals surface area (Å²) in [6.07, 6.45) is 0.573. The van der Waals surface area contributed by atoms with E-state index in [-0.39, 0.29) is 24.9 Å². The maximum Gasteiger partial charge on any atom is 0.406 e. The number of rotatable bonds is 4. The van der Waals surface area contributed by atoms with Gasteiger partial charge in [-0.25, -0.2) is 0 Å². The van der Waals surface area contributed by atoms with Crippen molar-refractivity contribution in [3.63, 3.8) is 0 Å². The molecule has 3 rings (SSSR count). The van der Waals surface area contributed by atoms with Gasteiger partial charge in [0.15, 0.2) is 0 Å². The summed E-state index contributed by atoms with van der Waals surface area (Å²) < 4.78 is 39.2. The topological polar surface area (TPSA) is 58.4 Å². The fraction of sp³-hybridized carbons (Fsp3) is 0.667. The van der Waals surface area contributed by atoms with E-state index < -0.39 is 24.5 Å². The summed E-state index contributed by atoms with van der Waals surface area (Å²) in [4.78, 5) is 26.9. The minimum Gasteiger partial charge on any atom is -0.338 e. The smallest absolute Gasteiger partial charge is 0.338 e. The van der Waals surface area contributed by atoms with E-state index in [0.717, 1.165) is 17.7 Å². The third-order valence-electron chi connectivity index (χ3n) is 4.55. The number of halogens is 3. The summed E-state index contributed by atoms with van der Waals surface area (Å²) in [7, 11) is 0. The quantitative estimate of drug-likeness (QED) is 0.827. The number of likely N-dealkylation sites (tertiary alicyclic amines) is 2. The SMILES string of the molecule is O=C1C[C@H](C(=O)N2CCC[C@@H]2Cn2cccn2)CN1CC(F)(F)F. The molecule has 6 nitrogen and oxygen atoms in total. The Hall–Kier alpha value is -2.06. The Balaban J connectivity index is 1.62. The molecule has 2 fully saturated rings. The molecule has 132 valence electrons. The van der Waals surface area contributed by atoms with Crippen molar-refractivity contribution in [2.24, 2.45) is 5.92 Å². The Morgan fingerprint density at radius 3 is 2.83 bits per heavy atom. The molecule has 24 heavy (non-hydrogen) atoms. The van der Waals surface area contributed by atoms with Crippen molar-refractivity contribution >= 4 is 11.8 Å². The number of carbonyl (C=O) groups excluding carboxylic acids is 2. The zero-order valence-electron chi connectivity index (χ0n) is 13.1. The molecule has 0 N–H and O–H groups in total. The van der Waals surface area contributed by atoms with Crippen molar-refractivity contribution in [2.45, 2.75) is 38.0 Å². The molecule has 0 bridgehead atoms. The van der Waals surface area contributed by atoms with Crippen LogP contribution in [0.4, 0.5) is 13.2 Å². The number of nitrogens with zero attached hydrogens (tertiary/aromatic N) is 4. The molecule has 0 spiro atoms. The molecule has 2 aliphatic heterocycles. The van der Waals surface area contributed by atoms with E-state index in [1.165, 1.54) is 0 Å². The Morgan fingerprint density at radius 1 is 1.38 bits per heavy atom. The first kappa shape index (κ1) is 16.8. The lowest BCUT2D eigenvalue weighted by Crippen LogP contribution is -2.43. The third-order valence-corrected chi connectivity index (χ3v) is 4.55. The highest BCUT2D eigenvalue weighted by Gasteiger charge is 2.43. The summed E-state index contributed by atoms with van der Waals surface area (Å²) >= 11 is 0. The average molecular weight is 344 g/mol. The van der Waals surface area contributed by atoms with Gasteiger partial charge in [-0.05, 0) is 18.9 Å². The van der Waals surface area contributed by atoms with Gasteiger partial charge in [-0.15, -0.1) is 0 Å². The summed E-state index contributed by atoms with van der Waals surface area (Å²) in [5, 5.41) is 4.13. The second kappa shape index (κ2) is 6.45. The van der Waals surface area contributed by atoms with Crippen LogP contribution in [0.25, 0.3) is 0 Å². The second-order valence-corrected chi connectivity index (χ2v) is 6.35. The number of hydrogen-bond donors (Lipinski definition) is 0. The highest BCUT2D eigenvalue weighted by atomic mass is 19.4. The van der Waals surface area contributed by atoms with Crippen molar-refractivity contribution in [3.8, 4) is 0 Å². The number of alkyl halides is 3. The van der Waals surface area contributed by atoms with E-state index in [9.17, 15) is 22.8 Å². The molecule has 2 saturated heterocycles. The molecule has 2 atom stereocenters. The normalized spacial score (nSPS) is 24.9. The number of hydrogen-bond acceptors (Lipinski definition) is 3. The van der Waals surface area contributed by atoms with Crippen LogP contribution in [0.5, 0.6) is 0 Å². The van der Waals surface area contributed by atoms with Crippen LogP contribution in [-0.2, 0) is 16.1 Å². The maximum atomic E-state index is 12.7. The zero-order chi connectivity index (χ0) is 17.3. The first-order valence-electron chi connectivity index (χ1n) is 7.96. The average Bonchev–Trinajstić information content (AvgIpc) is 3.20. The highest BCUT2D eigenvalue weighted by molar-refractivity contribution is 5.89. The van der Waals surface area contributed by atoms with Crippen LogP contribution in [0.2, 0.25) is 0 Å². The van der Waals surface area contributed by atoms with Crippen LogP contribution < -0.4 is 0 Å². The molecule has 2 aliphatic rings. The van der Waals surface area contributed by atoms with Crippen molar-refractivity contribution in [1.29, 1.82) is 0 Å². The Bertz CT molecular complexity index is 602. The van der Waals surface area contributed by atoms with E-state index in [4.69, 9.17) is 0 Å². The molecule has 1 aromatic rings. The van der Waals surface area contributed by atoms with Gasteiger partial charge in [-0.2, -0.15) is 18.3 Å². The number of carbonyl (C=O) groups is 2. The van der Waals surface area contributed by atoms with Crippen molar-refractivity contribution < 1.29 is 22.8 Å². The van der Waals surface area contributed by atoms with E-state index in [0.29, 0.717) is 13.1 Å². The third kappa shape index (κ3) is 3.70. The molecule has 0 aliphatic carbocycles. The fourth-order valence-electron chi connectivity index (χ4n) is 3.48. The van der Waals surface area contributed by atoms with Gasteiger partial charge in [0, 0.05) is 31.9 Å². The summed E-state index contributed by atoms with van der Waals surface area (Å²) in [6.45, 7) is -0.297. The van der Waals surface area contributed by atoms with Crippen LogP contribution in [0.1, 0.15) is 19.3 Å².